The molecule has 1 heterocycles. The zero-order valence-corrected chi connectivity index (χ0v) is 15.1. The van der Waals surface area contributed by atoms with Gasteiger partial charge in [-0.25, -0.2) is 9.59 Å². The number of hydrogen-bond acceptors (Lipinski definition) is 7. The van der Waals surface area contributed by atoms with Gasteiger partial charge in [0.05, 0.1) is 38.7 Å². The van der Waals surface area contributed by atoms with E-state index in [-0.39, 0.29) is 11.3 Å². The van der Waals surface area contributed by atoms with Crippen molar-refractivity contribution in [2.24, 2.45) is 0 Å². The number of allylic oxidation sites excluding steroid dienone is 2. The number of carbonyl (C=O) groups is 2. The number of aliphatic hydroxyl groups excluding tert-OH is 1. The Bertz CT molecular complexity index is 791. The Morgan fingerprint density at radius 3 is 2.35 bits per heavy atom. The molecule has 1 aromatic rings. The molecule has 0 aliphatic carbocycles. The van der Waals surface area contributed by atoms with Crippen LogP contribution in [0.4, 0.5) is 5.69 Å². The summed E-state index contributed by atoms with van der Waals surface area (Å²) in [5.74, 6) is -0.959. The van der Waals surface area contributed by atoms with Gasteiger partial charge in [-0.1, -0.05) is 12.1 Å². The van der Waals surface area contributed by atoms with Gasteiger partial charge in [0.2, 0.25) is 0 Å². The first-order valence-electron chi connectivity index (χ1n) is 7.85. The molecule has 2 rings (SSSR count). The molecule has 0 aromatic heterocycles. The highest BCUT2D eigenvalue weighted by molar-refractivity contribution is 6.05. The molecule has 138 valence electrons. The molecule has 1 N–H and O–H groups in total. The van der Waals surface area contributed by atoms with Crippen LogP contribution in [0.15, 0.2) is 53.9 Å². The Hall–Kier alpha value is -3.06. The normalized spacial score (nSPS) is 14.7. The minimum absolute atomic E-state index is 0.00699. The summed E-state index contributed by atoms with van der Waals surface area (Å²) in [5, 5.41) is 9.78. The number of rotatable bonds is 5. The quantitative estimate of drug-likeness (QED) is 0.807. The first kappa shape index (κ1) is 19.3. The third kappa shape index (κ3) is 3.78. The average Bonchev–Trinajstić information content (AvgIpc) is 2.88. The van der Waals surface area contributed by atoms with Crippen molar-refractivity contribution in [2.75, 3.05) is 26.2 Å². The van der Waals surface area contributed by atoms with Gasteiger partial charge in [0, 0.05) is 6.20 Å². The van der Waals surface area contributed by atoms with Crippen molar-refractivity contribution in [1.29, 1.82) is 0 Å². The highest BCUT2D eigenvalue weighted by atomic mass is 16.5. The zero-order valence-electron chi connectivity index (χ0n) is 15.1. The molecular formula is C19H21NO6. The molecular weight excluding hydrogens is 338 g/mol. The molecule has 0 radical (unpaired) electrons. The van der Waals surface area contributed by atoms with Crippen LogP contribution in [0.5, 0.6) is 5.75 Å². The summed E-state index contributed by atoms with van der Waals surface area (Å²) in [7, 11) is 3.94. The van der Waals surface area contributed by atoms with Crippen LogP contribution in [0.2, 0.25) is 0 Å². The summed E-state index contributed by atoms with van der Waals surface area (Å²) in [4.78, 5) is 26.1. The molecule has 7 heteroatoms. The van der Waals surface area contributed by atoms with Crippen LogP contribution in [0.1, 0.15) is 18.6 Å². The Morgan fingerprint density at radius 1 is 1.08 bits per heavy atom. The van der Waals surface area contributed by atoms with Gasteiger partial charge in [-0.3, -0.25) is 0 Å². The molecule has 0 spiro atoms. The fourth-order valence-electron chi connectivity index (χ4n) is 2.50. The first-order chi connectivity index (χ1) is 12.4. The highest BCUT2D eigenvalue weighted by Gasteiger charge is 2.29. The number of methoxy groups -OCH3 is 3. The van der Waals surface area contributed by atoms with Crippen molar-refractivity contribution in [1.82, 2.24) is 0 Å². The number of carbonyl (C=O) groups excluding carboxylic acids is 2. The summed E-state index contributed by atoms with van der Waals surface area (Å²) in [6.45, 7) is 1.64. The number of benzene rings is 1. The second kappa shape index (κ2) is 8.35. The summed E-state index contributed by atoms with van der Waals surface area (Å²) >= 11 is 0. The van der Waals surface area contributed by atoms with E-state index in [0.717, 1.165) is 0 Å². The van der Waals surface area contributed by atoms with Crippen LogP contribution in [-0.4, -0.2) is 38.4 Å². The largest absolute Gasteiger partial charge is 0.495 e. The van der Waals surface area contributed by atoms with Crippen molar-refractivity contribution in [3.63, 3.8) is 0 Å². The summed E-state index contributed by atoms with van der Waals surface area (Å²) in [6.07, 6.45) is 5.69. The van der Waals surface area contributed by atoms with Crippen molar-refractivity contribution < 1.29 is 28.9 Å². The number of hydrogen-bond donors (Lipinski definition) is 1. The van der Waals surface area contributed by atoms with E-state index >= 15 is 0 Å². The summed E-state index contributed by atoms with van der Waals surface area (Å²) in [6, 6.07) is 5.06. The zero-order chi connectivity index (χ0) is 19.3. The predicted molar refractivity (Wildman–Crippen MR) is 95.4 cm³/mol. The summed E-state index contributed by atoms with van der Waals surface area (Å²) < 4.78 is 15.1. The minimum Gasteiger partial charge on any atom is -0.495 e. The average molecular weight is 359 g/mol. The second-order valence-corrected chi connectivity index (χ2v) is 5.42. The second-order valence-electron chi connectivity index (χ2n) is 5.42. The Morgan fingerprint density at radius 2 is 1.77 bits per heavy atom. The fraction of sp³-hybridized carbons (Fsp3) is 0.263. The minimum atomic E-state index is -0.705. The molecule has 1 atom stereocenters. The standard InChI is InChI=1S/C19H21NO6/c1-12(21)13-8-9-15(16(11-13)24-2)20-10-6-5-7-14(18(22)25-3)17(20)19(23)26-4/h5-12,21H,1-4H3. The van der Waals surface area contributed by atoms with E-state index in [4.69, 9.17) is 14.2 Å². The molecule has 7 nitrogen and oxygen atoms in total. The maximum Gasteiger partial charge on any atom is 0.355 e. The van der Waals surface area contributed by atoms with Gasteiger partial charge in [0.1, 0.15) is 11.4 Å². The smallest absolute Gasteiger partial charge is 0.355 e. The maximum absolute atomic E-state index is 12.4. The van der Waals surface area contributed by atoms with Crippen LogP contribution < -0.4 is 9.64 Å². The molecule has 0 saturated heterocycles. The van der Waals surface area contributed by atoms with Crippen molar-refractivity contribution in [2.45, 2.75) is 13.0 Å². The van der Waals surface area contributed by atoms with Gasteiger partial charge in [0.15, 0.2) is 0 Å². The van der Waals surface area contributed by atoms with E-state index in [0.29, 0.717) is 17.0 Å². The van der Waals surface area contributed by atoms with Gasteiger partial charge in [-0.15, -0.1) is 0 Å². The van der Waals surface area contributed by atoms with Gasteiger partial charge >= 0.3 is 11.9 Å². The number of ether oxygens (including phenoxy) is 3. The lowest BCUT2D eigenvalue weighted by atomic mass is 10.1. The monoisotopic (exact) mass is 359 g/mol. The molecule has 0 bridgehead atoms. The van der Waals surface area contributed by atoms with Gasteiger partial charge in [-0.2, -0.15) is 0 Å². The molecule has 0 saturated carbocycles. The van der Waals surface area contributed by atoms with E-state index in [1.54, 1.807) is 43.5 Å². The van der Waals surface area contributed by atoms with Crippen LogP contribution >= 0.6 is 0 Å². The van der Waals surface area contributed by atoms with E-state index < -0.39 is 18.0 Å². The Labute approximate surface area is 151 Å². The van der Waals surface area contributed by atoms with Crippen LogP contribution in [0.25, 0.3) is 0 Å². The van der Waals surface area contributed by atoms with E-state index in [2.05, 4.69) is 0 Å². The molecule has 1 aromatic carbocycles. The predicted octanol–water partition coefficient (Wildman–Crippen LogP) is 2.24. The van der Waals surface area contributed by atoms with Crippen LogP contribution in [-0.2, 0) is 19.1 Å². The lowest BCUT2D eigenvalue weighted by molar-refractivity contribution is -0.139. The van der Waals surface area contributed by atoms with Crippen LogP contribution in [0, 0.1) is 0 Å². The molecule has 0 amide bonds. The SMILES string of the molecule is COC(=O)C1=C(C(=O)OC)N(c2ccc(C(C)O)cc2OC)C=CC=C1. The first-order valence-corrected chi connectivity index (χ1v) is 7.85. The number of aliphatic hydroxyl groups is 1. The number of esters is 2. The third-order valence-corrected chi connectivity index (χ3v) is 3.83. The van der Waals surface area contributed by atoms with E-state index in [1.807, 2.05) is 0 Å². The number of nitrogens with zero attached hydrogens (tertiary/aromatic N) is 1. The topological polar surface area (TPSA) is 85.3 Å². The number of anilines is 1. The van der Waals surface area contributed by atoms with Crippen molar-refractivity contribution in [3.8, 4) is 5.75 Å². The molecule has 1 unspecified atom stereocenters. The molecule has 26 heavy (non-hydrogen) atoms. The van der Waals surface area contributed by atoms with E-state index in [9.17, 15) is 14.7 Å². The van der Waals surface area contributed by atoms with Crippen molar-refractivity contribution in [3.05, 3.63) is 59.5 Å². The lowest BCUT2D eigenvalue weighted by Crippen LogP contribution is -2.27. The lowest BCUT2D eigenvalue weighted by Gasteiger charge is -2.25. The third-order valence-electron chi connectivity index (χ3n) is 3.83. The molecule has 1 aliphatic heterocycles. The van der Waals surface area contributed by atoms with Crippen molar-refractivity contribution >= 4 is 17.6 Å². The highest BCUT2D eigenvalue weighted by Crippen LogP contribution is 2.35. The van der Waals surface area contributed by atoms with Crippen LogP contribution in [0.3, 0.4) is 0 Å². The Balaban J connectivity index is 2.69. The molecule has 1 aliphatic rings. The summed E-state index contributed by atoms with van der Waals surface area (Å²) in [5.41, 5.74) is 1.19. The van der Waals surface area contributed by atoms with Gasteiger partial charge in [-0.05, 0) is 36.8 Å². The maximum atomic E-state index is 12.4. The Kier molecular flexibility index (Phi) is 6.19. The van der Waals surface area contributed by atoms with Gasteiger partial charge in [0.25, 0.3) is 0 Å². The molecule has 0 fully saturated rings. The fourth-order valence-corrected chi connectivity index (χ4v) is 2.50. The van der Waals surface area contributed by atoms with Gasteiger partial charge < -0.3 is 24.2 Å². The van der Waals surface area contributed by atoms with E-state index in [1.165, 1.54) is 32.3 Å².